The quantitative estimate of drug-likeness (QED) is 0.904. The third-order valence-electron chi connectivity index (χ3n) is 3.02. The number of anilines is 1. The number of nitrogens with one attached hydrogen (secondary N) is 2. The molecule has 0 spiro atoms. The number of fused-ring (bicyclic) bond motifs is 1. The van der Waals surface area contributed by atoms with Crippen LogP contribution in [0.3, 0.4) is 0 Å². The first-order chi connectivity index (χ1) is 8.33. The van der Waals surface area contributed by atoms with Gasteiger partial charge < -0.3 is 10.6 Å². The van der Waals surface area contributed by atoms with Gasteiger partial charge in [0, 0.05) is 18.8 Å². The molecule has 1 fully saturated rings. The van der Waals surface area contributed by atoms with Crippen LogP contribution in [0.1, 0.15) is 12.8 Å². The number of rotatable bonds is 3. The summed E-state index contributed by atoms with van der Waals surface area (Å²) < 4.78 is 2.67. The van der Waals surface area contributed by atoms with Gasteiger partial charge in [-0.1, -0.05) is 0 Å². The molecule has 0 bridgehead atoms. The van der Waals surface area contributed by atoms with E-state index in [4.69, 9.17) is 0 Å². The second kappa shape index (κ2) is 4.62. The summed E-state index contributed by atoms with van der Waals surface area (Å²) >= 11 is 3.43. The number of hydrogen-bond acceptors (Lipinski definition) is 4. The molecule has 5 nitrogen and oxygen atoms in total. The molecular weight excluding hydrogens is 282 g/mol. The largest absolute Gasteiger partial charge is 0.368 e. The molecule has 2 aromatic heterocycles. The number of aromatic nitrogens is 3. The fourth-order valence-electron chi connectivity index (χ4n) is 2.10. The average molecular weight is 296 g/mol. The molecule has 0 radical (unpaired) electrons. The van der Waals surface area contributed by atoms with E-state index >= 15 is 0 Å². The minimum Gasteiger partial charge on any atom is -0.368 e. The Morgan fingerprint density at radius 2 is 2.53 bits per heavy atom. The van der Waals surface area contributed by atoms with Crippen LogP contribution in [-0.4, -0.2) is 33.7 Å². The molecule has 17 heavy (non-hydrogen) atoms. The molecule has 2 aromatic rings. The smallest absolute Gasteiger partial charge is 0.171 e. The van der Waals surface area contributed by atoms with E-state index in [9.17, 15) is 0 Å². The molecule has 1 saturated heterocycles. The van der Waals surface area contributed by atoms with Crippen LogP contribution in [0.5, 0.6) is 0 Å². The highest BCUT2D eigenvalue weighted by atomic mass is 79.9. The molecule has 3 heterocycles. The van der Waals surface area contributed by atoms with Crippen LogP contribution in [0.4, 0.5) is 5.82 Å². The summed E-state index contributed by atoms with van der Waals surface area (Å²) in [6.07, 6.45) is 6.18. The number of hydrogen-bond donors (Lipinski definition) is 2. The third-order valence-corrected chi connectivity index (χ3v) is 3.58. The van der Waals surface area contributed by atoms with Crippen molar-refractivity contribution in [1.82, 2.24) is 19.9 Å². The molecule has 1 unspecified atom stereocenters. The van der Waals surface area contributed by atoms with Gasteiger partial charge in [-0.3, -0.25) is 0 Å². The first-order valence-corrected chi connectivity index (χ1v) is 6.59. The van der Waals surface area contributed by atoms with E-state index in [0.717, 1.165) is 29.0 Å². The number of halogens is 1. The first-order valence-electron chi connectivity index (χ1n) is 5.80. The predicted molar refractivity (Wildman–Crippen MR) is 70.2 cm³/mol. The SMILES string of the molecule is Brc1cnn2ccc(NCC3CCCN3)nc12. The summed E-state index contributed by atoms with van der Waals surface area (Å²) in [7, 11) is 0. The summed E-state index contributed by atoms with van der Waals surface area (Å²) in [4.78, 5) is 4.51. The molecule has 0 aromatic carbocycles. The van der Waals surface area contributed by atoms with Gasteiger partial charge in [0.15, 0.2) is 5.65 Å². The van der Waals surface area contributed by atoms with Crippen molar-refractivity contribution in [3.05, 3.63) is 22.9 Å². The standard InChI is InChI=1S/C11H14BrN5/c12-9-7-15-17-5-3-10(16-11(9)17)14-6-8-2-1-4-13-8/h3,5,7-8,13H,1-2,4,6H2,(H,14,16). The van der Waals surface area contributed by atoms with Gasteiger partial charge in [0.05, 0.1) is 10.7 Å². The lowest BCUT2D eigenvalue weighted by Gasteiger charge is -2.11. The summed E-state index contributed by atoms with van der Waals surface area (Å²) in [6.45, 7) is 2.06. The summed E-state index contributed by atoms with van der Waals surface area (Å²) in [6, 6.07) is 2.52. The maximum atomic E-state index is 4.51. The molecule has 2 N–H and O–H groups in total. The lowest BCUT2D eigenvalue weighted by molar-refractivity contribution is 0.632. The van der Waals surface area contributed by atoms with Crippen LogP contribution in [0.25, 0.3) is 5.65 Å². The second-order valence-corrected chi connectivity index (χ2v) is 5.10. The van der Waals surface area contributed by atoms with Crippen LogP contribution < -0.4 is 10.6 Å². The Labute approximate surface area is 108 Å². The maximum Gasteiger partial charge on any atom is 0.171 e. The van der Waals surface area contributed by atoms with E-state index in [-0.39, 0.29) is 0 Å². The maximum absolute atomic E-state index is 4.51. The first kappa shape index (κ1) is 11.0. The minimum absolute atomic E-state index is 0.571. The monoisotopic (exact) mass is 295 g/mol. The van der Waals surface area contributed by atoms with Crippen LogP contribution in [0, 0.1) is 0 Å². The summed E-state index contributed by atoms with van der Waals surface area (Å²) in [5.74, 6) is 0.896. The zero-order chi connectivity index (χ0) is 11.7. The van der Waals surface area contributed by atoms with Crippen LogP contribution in [0.15, 0.2) is 22.9 Å². The van der Waals surface area contributed by atoms with Gasteiger partial charge in [-0.05, 0) is 41.4 Å². The van der Waals surface area contributed by atoms with Gasteiger partial charge in [-0.15, -0.1) is 0 Å². The second-order valence-electron chi connectivity index (χ2n) is 4.25. The Morgan fingerprint density at radius 3 is 3.35 bits per heavy atom. The predicted octanol–water partition coefficient (Wildman–Crippen LogP) is 1.66. The molecule has 1 atom stereocenters. The molecular formula is C11H14BrN5. The van der Waals surface area contributed by atoms with Crippen molar-refractivity contribution < 1.29 is 0 Å². The minimum atomic E-state index is 0.571. The van der Waals surface area contributed by atoms with Crippen molar-refractivity contribution >= 4 is 27.4 Å². The van der Waals surface area contributed by atoms with Gasteiger partial charge in [0.2, 0.25) is 0 Å². The Hall–Kier alpha value is -1.14. The van der Waals surface area contributed by atoms with E-state index in [1.165, 1.54) is 12.8 Å². The lowest BCUT2D eigenvalue weighted by Crippen LogP contribution is -2.29. The lowest BCUT2D eigenvalue weighted by atomic mass is 10.2. The van der Waals surface area contributed by atoms with E-state index in [0.29, 0.717) is 6.04 Å². The van der Waals surface area contributed by atoms with E-state index < -0.39 is 0 Å². The van der Waals surface area contributed by atoms with E-state index in [2.05, 4.69) is 36.6 Å². The molecule has 1 aliphatic heterocycles. The molecule has 1 aliphatic rings. The molecule has 0 aliphatic carbocycles. The molecule has 0 saturated carbocycles. The van der Waals surface area contributed by atoms with Gasteiger partial charge in [-0.25, -0.2) is 9.50 Å². The highest BCUT2D eigenvalue weighted by molar-refractivity contribution is 9.10. The van der Waals surface area contributed by atoms with Crippen LogP contribution in [-0.2, 0) is 0 Å². The highest BCUT2D eigenvalue weighted by Gasteiger charge is 2.13. The Balaban J connectivity index is 1.73. The van der Waals surface area contributed by atoms with Crippen molar-refractivity contribution in [3.63, 3.8) is 0 Å². The zero-order valence-corrected chi connectivity index (χ0v) is 10.9. The average Bonchev–Trinajstić information content (AvgIpc) is 2.97. The molecule has 3 rings (SSSR count). The van der Waals surface area contributed by atoms with Crippen molar-refractivity contribution in [2.24, 2.45) is 0 Å². The van der Waals surface area contributed by atoms with Crippen LogP contribution >= 0.6 is 15.9 Å². The molecule has 0 amide bonds. The third kappa shape index (κ3) is 2.28. The van der Waals surface area contributed by atoms with Crippen molar-refractivity contribution in [1.29, 1.82) is 0 Å². The van der Waals surface area contributed by atoms with Crippen molar-refractivity contribution in [2.45, 2.75) is 18.9 Å². The molecule has 90 valence electrons. The van der Waals surface area contributed by atoms with E-state index in [1.807, 2.05) is 12.3 Å². The Kier molecular flexibility index (Phi) is 2.98. The van der Waals surface area contributed by atoms with Crippen molar-refractivity contribution in [2.75, 3.05) is 18.4 Å². The zero-order valence-electron chi connectivity index (χ0n) is 9.36. The summed E-state index contributed by atoms with van der Waals surface area (Å²) in [5, 5.41) is 11.0. The Bertz CT molecular complexity index is 518. The fraction of sp³-hybridized carbons (Fsp3) is 0.455. The van der Waals surface area contributed by atoms with Crippen molar-refractivity contribution in [3.8, 4) is 0 Å². The summed E-state index contributed by atoms with van der Waals surface area (Å²) in [5.41, 5.74) is 0.842. The fourth-order valence-corrected chi connectivity index (χ4v) is 2.46. The highest BCUT2D eigenvalue weighted by Crippen LogP contribution is 2.17. The topological polar surface area (TPSA) is 54.2 Å². The van der Waals surface area contributed by atoms with Gasteiger partial charge in [-0.2, -0.15) is 5.10 Å². The van der Waals surface area contributed by atoms with Crippen LogP contribution in [0.2, 0.25) is 0 Å². The van der Waals surface area contributed by atoms with Gasteiger partial charge in [0.25, 0.3) is 0 Å². The normalized spacial score (nSPS) is 19.9. The molecule has 6 heteroatoms. The number of nitrogens with zero attached hydrogens (tertiary/aromatic N) is 3. The Morgan fingerprint density at radius 1 is 1.59 bits per heavy atom. The van der Waals surface area contributed by atoms with E-state index in [1.54, 1.807) is 10.7 Å². The van der Waals surface area contributed by atoms with Gasteiger partial charge >= 0.3 is 0 Å². The van der Waals surface area contributed by atoms with Gasteiger partial charge in [0.1, 0.15) is 5.82 Å².